The van der Waals surface area contributed by atoms with E-state index in [4.69, 9.17) is 4.42 Å². The van der Waals surface area contributed by atoms with Crippen LogP contribution in [-0.2, 0) is 4.79 Å². The van der Waals surface area contributed by atoms with Crippen molar-refractivity contribution in [3.63, 3.8) is 0 Å². The third kappa shape index (κ3) is 2.79. The average Bonchev–Trinajstić information content (AvgIpc) is 2.93. The van der Waals surface area contributed by atoms with E-state index in [0.717, 1.165) is 0 Å². The van der Waals surface area contributed by atoms with Gasteiger partial charge in [0.1, 0.15) is 0 Å². The number of amides is 1. The largest absolute Gasteiger partial charge is 0.444 e. The summed E-state index contributed by atoms with van der Waals surface area (Å²) in [5, 5.41) is 1.72. The average molecular weight is 288 g/mol. The number of benzene rings is 1. The number of aromatic nitrogens is 1. The Bertz CT molecular complexity index is 582. The zero-order valence-electron chi connectivity index (χ0n) is 9.82. The number of alkyl halides is 4. The normalized spacial score (nSPS) is 11.7. The summed E-state index contributed by atoms with van der Waals surface area (Å²) in [4.78, 5) is 14.7. The maximum Gasteiger partial charge on any atom is 0.383 e. The van der Waals surface area contributed by atoms with E-state index in [0.29, 0.717) is 11.3 Å². The number of hydrogen-bond donors (Lipinski definition) is 1. The number of halogens is 4. The standard InChI is InChI=1S/C12H8F4N2O2/c13-10(14)12(15,16)11(19)18-8-3-1-7(2-4-8)9-5-17-6-20-9/h1-6,10H,(H,18,19). The first-order valence-electron chi connectivity index (χ1n) is 5.37. The molecule has 1 N–H and O–H groups in total. The second-order valence-electron chi connectivity index (χ2n) is 3.82. The van der Waals surface area contributed by atoms with Gasteiger partial charge in [-0.2, -0.15) is 8.78 Å². The first-order valence-corrected chi connectivity index (χ1v) is 5.37. The number of anilines is 1. The topological polar surface area (TPSA) is 55.1 Å². The van der Waals surface area contributed by atoms with Gasteiger partial charge in [-0.25, -0.2) is 13.8 Å². The highest BCUT2D eigenvalue weighted by molar-refractivity contribution is 5.96. The Hall–Kier alpha value is -2.38. The molecule has 1 aromatic heterocycles. The van der Waals surface area contributed by atoms with Gasteiger partial charge in [0.05, 0.1) is 6.20 Å². The molecule has 106 valence electrons. The Morgan fingerprint density at radius 3 is 2.40 bits per heavy atom. The summed E-state index contributed by atoms with van der Waals surface area (Å²) in [6.07, 6.45) is -1.40. The summed E-state index contributed by atoms with van der Waals surface area (Å²) in [6, 6.07) is 5.52. The smallest absolute Gasteiger partial charge is 0.383 e. The zero-order valence-corrected chi connectivity index (χ0v) is 9.82. The lowest BCUT2D eigenvalue weighted by Gasteiger charge is -2.14. The first kappa shape index (κ1) is 14.0. The summed E-state index contributed by atoms with van der Waals surface area (Å²) in [6.45, 7) is 0. The van der Waals surface area contributed by atoms with Crippen molar-refractivity contribution < 1.29 is 26.8 Å². The molecule has 0 unspecified atom stereocenters. The second kappa shape index (κ2) is 5.32. The molecule has 0 radical (unpaired) electrons. The van der Waals surface area contributed by atoms with Gasteiger partial charge < -0.3 is 9.73 Å². The van der Waals surface area contributed by atoms with E-state index in [-0.39, 0.29) is 5.69 Å². The Morgan fingerprint density at radius 2 is 1.90 bits per heavy atom. The van der Waals surface area contributed by atoms with Crippen LogP contribution in [0.15, 0.2) is 41.3 Å². The van der Waals surface area contributed by atoms with Crippen LogP contribution in [0.3, 0.4) is 0 Å². The fourth-order valence-electron chi connectivity index (χ4n) is 1.39. The molecule has 1 aromatic carbocycles. The summed E-state index contributed by atoms with van der Waals surface area (Å²) in [5.41, 5.74) is 0.569. The van der Waals surface area contributed by atoms with E-state index in [1.54, 1.807) is 5.32 Å². The Kier molecular flexibility index (Phi) is 3.73. The molecule has 0 aliphatic rings. The van der Waals surface area contributed by atoms with Gasteiger partial charge in [0.25, 0.3) is 0 Å². The van der Waals surface area contributed by atoms with Crippen molar-refractivity contribution in [1.82, 2.24) is 4.98 Å². The molecule has 2 rings (SSSR count). The van der Waals surface area contributed by atoms with Crippen LogP contribution in [0.25, 0.3) is 11.3 Å². The van der Waals surface area contributed by atoms with E-state index in [2.05, 4.69) is 4.98 Å². The molecule has 4 nitrogen and oxygen atoms in total. The van der Waals surface area contributed by atoms with Crippen LogP contribution in [0, 0.1) is 0 Å². The zero-order chi connectivity index (χ0) is 14.8. The van der Waals surface area contributed by atoms with Crippen LogP contribution >= 0.6 is 0 Å². The molecule has 0 atom stereocenters. The fourth-order valence-corrected chi connectivity index (χ4v) is 1.39. The number of carbonyl (C=O) groups excluding carboxylic acids is 1. The molecule has 0 aliphatic heterocycles. The molecule has 1 heterocycles. The second-order valence-corrected chi connectivity index (χ2v) is 3.82. The van der Waals surface area contributed by atoms with Crippen LogP contribution in [0.1, 0.15) is 0 Å². The van der Waals surface area contributed by atoms with Crippen molar-refractivity contribution in [2.24, 2.45) is 0 Å². The van der Waals surface area contributed by atoms with Gasteiger partial charge in [-0.05, 0) is 24.3 Å². The molecule has 1 amide bonds. The summed E-state index contributed by atoms with van der Waals surface area (Å²) in [5.74, 6) is -6.34. The molecule has 0 bridgehead atoms. The number of rotatable bonds is 4. The molecule has 0 aliphatic carbocycles. The van der Waals surface area contributed by atoms with Gasteiger partial charge >= 0.3 is 18.3 Å². The lowest BCUT2D eigenvalue weighted by molar-refractivity contribution is -0.163. The Balaban J connectivity index is 2.10. The molecular formula is C12H8F4N2O2. The monoisotopic (exact) mass is 288 g/mol. The van der Waals surface area contributed by atoms with Crippen molar-refractivity contribution in [2.75, 3.05) is 5.32 Å². The number of oxazole rings is 1. The van der Waals surface area contributed by atoms with Crippen LogP contribution in [0.4, 0.5) is 23.2 Å². The van der Waals surface area contributed by atoms with E-state index >= 15 is 0 Å². The molecule has 0 saturated carbocycles. The van der Waals surface area contributed by atoms with Gasteiger partial charge in [-0.15, -0.1) is 0 Å². The summed E-state index contributed by atoms with van der Waals surface area (Å²) >= 11 is 0. The van der Waals surface area contributed by atoms with Crippen molar-refractivity contribution in [2.45, 2.75) is 12.3 Å². The predicted octanol–water partition coefficient (Wildman–Crippen LogP) is 3.18. The molecule has 8 heteroatoms. The van der Waals surface area contributed by atoms with Crippen molar-refractivity contribution in [3.8, 4) is 11.3 Å². The van der Waals surface area contributed by atoms with Crippen LogP contribution < -0.4 is 5.32 Å². The predicted molar refractivity (Wildman–Crippen MR) is 61.5 cm³/mol. The van der Waals surface area contributed by atoms with Crippen LogP contribution in [0.5, 0.6) is 0 Å². The van der Waals surface area contributed by atoms with E-state index < -0.39 is 18.3 Å². The Labute approximate surface area is 110 Å². The highest BCUT2D eigenvalue weighted by Gasteiger charge is 2.48. The molecule has 20 heavy (non-hydrogen) atoms. The van der Waals surface area contributed by atoms with Crippen molar-refractivity contribution in [3.05, 3.63) is 36.9 Å². The molecular weight excluding hydrogens is 280 g/mol. The van der Waals surface area contributed by atoms with Crippen LogP contribution in [0.2, 0.25) is 0 Å². The minimum absolute atomic E-state index is 0.0291. The summed E-state index contributed by atoms with van der Waals surface area (Å²) in [7, 11) is 0. The lowest BCUT2D eigenvalue weighted by Crippen LogP contribution is -2.40. The maximum atomic E-state index is 12.7. The fraction of sp³-hybridized carbons (Fsp3) is 0.167. The minimum Gasteiger partial charge on any atom is -0.444 e. The highest BCUT2D eigenvalue weighted by atomic mass is 19.3. The van der Waals surface area contributed by atoms with Crippen LogP contribution in [-0.4, -0.2) is 23.2 Å². The number of hydrogen-bond acceptors (Lipinski definition) is 3. The molecule has 0 fully saturated rings. The SMILES string of the molecule is O=C(Nc1ccc(-c2cnco2)cc1)C(F)(F)C(F)F. The quantitative estimate of drug-likeness (QED) is 0.879. The van der Waals surface area contributed by atoms with Gasteiger partial charge in [0.2, 0.25) is 0 Å². The third-order valence-corrected chi connectivity index (χ3v) is 2.44. The van der Waals surface area contributed by atoms with Gasteiger partial charge in [0.15, 0.2) is 12.2 Å². The lowest BCUT2D eigenvalue weighted by atomic mass is 10.1. The number of nitrogens with zero attached hydrogens (tertiary/aromatic N) is 1. The Morgan fingerprint density at radius 1 is 1.25 bits per heavy atom. The number of nitrogens with one attached hydrogen (secondary N) is 1. The van der Waals surface area contributed by atoms with Gasteiger partial charge in [-0.3, -0.25) is 4.79 Å². The molecule has 2 aromatic rings. The minimum atomic E-state index is -4.73. The van der Waals surface area contributed by atoms with E-state index in [9.17, 15) is 22.4 Å². The number of carbonyl (C=O) groups is 1. The maximum absolute atomic E-state index is 12.7. The van der Waals surface area contributed by atoms with Crippen molar-refractivity contribution in [1.29, 1.82) is 0 Å². The molecule has 0 saturated heterocycles. The van der Waals surface area contributed by atoms with Gasteiger partial charge in [-0.1, -0.05) is 0 Å². The summed E-state index contributed by atoms with van der Waals surface area (Å²) < 4.78 is 54.5. The van der Waals surface area contributed by atoms with Gasteiger partial charge in [0, 0.05) is 11.3 Å². The molecule has 0 spiro atoms. The van der Waals surface area contributed by atoms with Crippen molar-refractivity contribution >= 4 is 11.6 Å². The van der Waals surface area contributed by atoms with E-state index in [1.807, 2.05) is 0 Å². The first-order chi connectivity index (χ1) is 9.41. The highest BCUT2D eigenvalue weighted by Crippen LogP contribution is 2.26. The third-order valence-electron chi connectivity index (χ3n) is 2.44. The van der Waals surface area contributed by atoms with E-state index in [1.165, 1.54) is 36.9 Å².